The van der Waals surface area contributed by atoms with Crippen molar-refractivity contribution >= 4 is 17.7 Å². The normalized spacial score (nSPS) is 10.6. The van der Waals surface area contributed by atoms with E-state index in [0.29, 0.717) is 11.6 Å². The summed E-state index contributed by atoms with van der Waals surface area (Å²) in [6, 6.07) is 13.9. The topological polar surface area (TPSA) is 69.0 Å². The number of carbonyl (C=O) groups excluding carboxylic acids is 1. The van der Waals surface area contributed by atoms with Crippen molar-refractivity contribution in [2.24, 2.45) is 0 Å². The molecule has 1 aromatic heterocycles. The molecular formula is C19H19ClN4O2. The molecule has 0 radical (unpaired) electrons. The number of ether oxygens (including phenoxy) is 1. The molecule has 0 aliphatic heterocycles. The van der Waals surface area contributed by atoms with Gasteiger partial charge in [-0.15, -0.1) is 5.10 Å². The van der Waals surface area contributed by atoms with Crippen molar-refractivity contribution in [1.82, 2.24) is 20.3 Å². The van der Waals surface area contributed by atoms with Crippen molar-refractivity contribution in [1.29, 1.82) is 0 Å². The lowest BCUT2D eigenvalue weighted by atomic mass is 10.1. The highest BCUT2D eigenvalue weighted by Gasteiger charge is 2.09. The van der Waals surface area contributed by atoms with Crippen molar-refractivity contribution in [3.63, 3.8) is 0 Å². The molecule has 1 amide bonds. The number of carbonyl (C=O) groups is 1. The average molecular weight is 371 g/mol. The highest BCUT2D eigenvalue weighted by molar-refractivity contribution is 6.31. The van der Waals surface area contributed by atoms with Crippen LogP contribution in [0, 0.1) is 6.92 Å². The third-order valence-electron chi connectivity index (χ3n) is 3.95. The standard InChI is InChI=1S/C19H19ClN4O2/c1-13-3-5-14(6-4-13)11-24-12-18(22-23-24)15-7-8-17(20)16(9-15)10-21-19(25)26-2/h3-9,12H,10-11H2,1-2H3,(H,21,25). The summed E-state index contributed by atoms with van der Waals surface area (Å²) in [6.07, 6.45) is 1.39. The number of alkyl carbamates (subject to hydrolysis) is 1. The van der Waals surface area contributed by atoms with Gasteiger partial charge in [0.1, 0.15) is 5.69 Å². The van der Waals surface area contributed by atoms with Crippen LogP contribution in [0.15, 0.2) is 48.7 Å². The van der Waals surface area contributed by atoms with Crippen LogP contribution in [0.1, 0.15) is 16.7 Å². The first-order valence-corrected chi connectivity index (χ1v) is 8.49. The van der Waals surface area contributed by atoms with E-state index in [9.17, 15) is 4.79 Å². The fourth-order valence-corrected chi connectivity index (χ4v) is 2.68. The summed E-state index contributed by atoms with van der Waals surface area (Å²) < 4.78 is 6.37. The molecular weight excluding hydrogens is 352 g/mol. The van der Waals surface area contributed by atoms with E-state index in [0.717, 1.165) is 22.4 Å². The van der Waals surface area contributed by atoms with Crippen LogP contribution in [0.25, 0.3) is 11.3 Å². The highest BCUT2D eigenvalue weighted by atomic mass is 35.5. The molecule has 0 spiro atoms. The van der Waals surface area contributed by atoms with E-state index in [-0.39, 0.29) is 6.54 Å². The molecule has 0 unspecified atom stereocenters. The number of halogens is 1. The van der Waals surface area contributed by atoms with Crippen molar-refractivity contribution < 1.29 is 9.53 Å². The highest BCUT2D eigenvalue weighted by Crippen LogP contribution is 2.24. The average Bonchev–Trinajstić information content (AvgIpc) is 3.11. The molecule has 7 heteroatoms. The van der Waals surface area contributed by atoms with Gasteiger partial charge in [-0.2, -0.15) is 0 Å². The summed E-state index contributed by atoms with van der Waals surface area (Å²) in [5.41, 5.74) is 4.79. The first-order chi connectivity index (χ1) is 12.5. The fourth-order valence-electron chi connectivity index (χ4n) is 2.50. The number of methoxy groups -OCH3 is 1. The number of hydrogen-bond donors (Lipinski definition) is 1. The molecule has 0 aliphatic rings. The van der Waals surface area contributed by atoms with Crippen LogP contribution in [0.2, 0.25) is 5.02 Å². The fraction of sp³-hybridized carbons (Fsp3) is 0.211. The van der Waals surface area contributed by atoms with Gasteiger partial charge < -0.3 is 10.1 Å². The molecule has 1 N–H and O–H groups in total. The molecule has 134 valence electrons. The van der Waals surface area contributed by atoms with E-state index < -0.39 is 6.09 Å². The second kappa shape index (κ2) is 8.01. The molecule has 0 bridgehead atoms. The minimum absolute atomic E-state index is 0.275. The van der Waals surface area contributed by atoms with Gasteiger partial charge in [0.05, 0.1) is 19.9 Å². The maximum absolute atomic E-state index is 11.2. The first kappa shape index (κ1) is 17.9. The van der Waals surface area contributed by atoms with Gasteiger partial charge in [-0.05, 0) is 30.2 Å². The molecule has 26 heavy (non-hydrogen) atoms. The summed E-state index contributed by atoms with van der Waals surface area (Å²) in [5.74, 6) is 0. The first-order valence-electron chi connectivity index (χ1n) is 8.11. The third kappa shape index (κ3) is 4.40. The van der Waals surface area contributed by atoms with Crippen LogP contribution >= 0.6 is 11.6 Å². The predicted octanol–water partition coefficient (Wildman–Crippen LogP) is 3.81. The van der Waals surface area contributed by atoms with E-state index in [1.54, 1.807) is 10.7 Å². The number of amides is 1. The van der Waals surface area contributed by atoms with Crippen LogP contribution in [0.3, 0.4) is 0 Å². The zero-order chi connectivity index (χ0) is 18.5. The van der Waals surface area contributed by atoms with Gasteiger partial charge in [0.25, 0.3) is 0 Å². The Morgan fingerprint density at radius 1 is 1.23 bits per heavy atom. The number of nitrogens with one attached hydrogen (secondary N) is 1. The maximum Gasteiger partial charge on any atom is 0.407 e. The summed E-state index contributed by atoms with van der Waals surface area (Å²) in [7, 11) is 1.32. The number of nitrogens with zero attached hydrogens (tertiary/aromatic N) is 3. The maximum atomic E-state index is 11.2. The minimum atomic E-state index is -0.504. The molecule has 1 heterocycles. The van der Waals surface area contributed by atoms with Crippen LogP contribution in [-0.4, -0.2) is 28.2 Å². The van der Waals surface area contributed by atoms with E-state index in [1.165, 1.54) is 12.7 Å². The molecule has 2 aromatic carbocycles. The molecule has 0 saturated heterocycles. The Labute approximate surface area is 156 Å². The van der Waals surface area contributed by atoms with Crippen molar-refractivity contribution in [3.8, 4) is 11.3 Å². The quantitative estimate of drug-likeness (QED) is 0.741. The Bertz CT molecular complexity index is 906. The number of aromatic nitrogens is 3. The smallest absolute Gasteiger partial charge is 0.407 e. The predicted molar refractivity (Wildman–Crippen MR) is 100.0 cm³/mol. The van der Waals surface area contributed by atoms with Crippen LogP contribution in [0.5, 0.6) is 0 Å². The second-order valence-corrected chi connectivity index (χ2v) is 6.35. The lowest BCUT2D eigenvalue weighted by molar-refractivity contribution is 0.170. The Balaban J connectivity index is 1.76. The van der Waals surface area contributed by atoms with Gasteiger partial charge >= 0.3 is 6.09 Å². The molecule has 0 fully saturated rings. The van der Waals surface area contributed by atoms with Crippen molar-refractivity contribution in [2.75, 3.05) is 7.11 Å². The Hall–Kier alpha value is -2.86. The summed E-state index contributed by atoms with van der Waals surface area (Å²) in [4.78, 5) is 11.2. The van der Waals surface area contributed by atoms with Crippen LogP contribution < -0.4 is 5.32 Å². The summed E-state index contributed by atoms with van der Waals surface area (Å²) in [5, 5.41) is 11.6. The van der Waals surface area contributed by atoms with E-state index >= 15 is 0 Å². The lowest BCUT2D eigenvalue weighted by Crippen LogP contribution is -2.22. The monoisotopic (exact) mass is 370 g/mol. The Morgan fingerprint density at radius 3 is 2.73 bits per heavy atom. The van der Waals surface area contributed by atoms with E-state index in [4.69, 9.17) is 11.6 Å². The molecule has 6 nitrogen and oxygen atoms in total. The molecule has 0 atom stereocenters. The van der Waals surface area contributed by atoms with Crippen molar-refractivity contribution in [2.45, 2.75) is 20.0 Å². The van der Waals surface area contributed by atoms with Crippen LogP contribution in [0.4, 0.5) is 4.79 Å². The second-order valence-electron chi connectivity index (χ2n) is 5.94. The lowest BCUT2D eigenvalue weighted by Gasteiger charge is -2.07. The Kier molecular flexibility index (Phi) is 5.53. The number of benzene rings is 2. The third-order valence-corrected chi connectivity index (χ3v) is 4.32. The van der Waals surface area contributed by atoms with Gasteiger partial charge in [0.2, 0.25) is 0 Å². The SMILES string of the molecule is COC(=O)NCc1cc(-c2cn(Cc3ccc(C)cc3)nn2)ccc1Cl. The van der Waals surface area contributed by atoms with Gasteiger partial charge in [-0.3, -0.25) is 0 Å². The summed E-state index contributed by atoms with van der Waals surface area (Å²) >= 11 is 6.20. The molecule has 0 aliphatic carbocycles. The van der Waals surface area contributed by atoms with Gasteiger partial charge in [0.15, 0.2) is 0 Å². The largest absolute Gasteiger partial charge is 0.453 e. The number of aryl methyl sites for hydroxylation is 1. The van der Waals surface area contributed by atoms with Crippen LogP contribution in [-0.2, 0) is 17.8 Å². The van der Waals surface area contributed by atoms with E-state index in [2.05, 4.69) is 51.6 Å². The number of hydrogen-bond acceptors (Lipinski definition) is 4. The molecule has 0 saturated carbocycles. The zero-order valence-electron chi connectivity index (χ0n) is 14.6. The number of rotatable bonds is 5. The van der Waals surface area contributed by atoms with Gasteiger partial charge in [-0.1, -0.05) is 52.7 Å². The summed E-state index contributed by atoms with van der Waals surface area (Å²) in [6.45, 7) is 2.99. The van der Waals surface area contributed by atoms with E-state index in [1.807, 2.05) is 18.3 Å². The zero-order valence-corrected chi connectivity index (χ0v) is 15.3. The molecule has 3 rings (SSSR count). The minimum Gasteiger partial charge on any atom is -0.453 e. The van der Waals surface area contributed by atoms with Gasteiger partial charge in [-0.25, -0.2) is 9.48 Å². The Morgan fingerprint density at radius 2 is 2.00 bits per heavy atom. The molecule has 3 aromatic rings. The van der Waals surface area contributed by atoms with Gasteiger partial charge in [0, 0.05) is 17.1 Å². The van der Waals surface area contributed by atoms with Crippen molar-refractivity contribution in [3.05, 3.63) is 70.4 Å².